The second-order valence-corrected chi connectivity index (χ2v) is 6.65. The first kappa shape index (κ1) is 17.4. The number of ether oxygens (including phenoxy) is 1. The van der Waals surface area contributed by atoms with Gasteiger partial charge in [-0.25, -0.2) is 14.1 Å². The first-order chi connectivity index (χ1) is 13.1. The highest BCUT2D eigenvalue weighted by Crippen LogP contribution is 2.30. The number of phenolic OH excluding ortho intramolecular Hbond substituents is 1. The standard InChI is InChI=1S/C19H20FN5O2/c1-12-21-11-25(24-12)13-6-7-14(17(26)10-13)16-8-9-19(23-22-16)27-18-5-3-2-4-15(18)20/h6-11,15,18,26H,2-5H2,1H3/t15-,18+/m0/s1. The number of hydrogen-bond acceptors (Lipinski definition) is 6. The Kier molecular flexibility index (Phi) is 4.70. The van der Waals surface area contributed by atoms with Crippen LogP contribution in [0, 0.1) is 6.92 Å². The minimum Gasteiger partial charge on any atom is -0.507 e. The highest BCUT2D eigenvalue weighted by molar-refractivity contribution is 5.68. The number of halogens is 1. The molecule has 27 heavy (non-hydrogen) atoms. The number of hydrogen-bond donors (Lipinski definition) is 1. The zero-order chi connectivity index (χ0) is 18.8. The highest BCUT2D eigenvalue weighted by Gasteiger charge is 2.26. The van der Waals surface area contributed by atoms with Gasteiger partial charge in [0.1, 0.15) is 30.2 Å². The van der Waals surface area contributed by atoms with E-state index in [0.717, 1.165) is 12.8 Å². The van der Waals surface area contributed by atoms with E-state index in [-0.39, 0.29) is 5.75 Å². The van der Waals surface area contributed by atoms with Crippen LogP contribution >= 0.6 is 0 Å². The van der Waals surface area contributed by atoms with E-state index in [4.69, 9.17) is 4.74 Å². The van der Waals surface area contributed by atoms with Crippen molar-refractivity contribution in [3.8, 4) is 28.6 Å². The fourth-order valence-corrected chi connectivity index (χ4v) is 3.22. The summed E-state index contributed by atoms with van der Waals surface area (Å²) in [6.45, 7) is 1.79. The molecular weight excluding hydrogens is 349 g/mol. The molecule has 1 aromatic carbocycles. The van der Waals surface area contributed by atoms with Crippen LogP contribution in [0.15, 0.2) is 36.7 Å². The topological polar surface area (TPSA) is 86.0 Å². The Bertz CT molecular complexity index is 928. The minimum atomic E-state index is -0.961. The molecule has 2 heterocycles. The molecule has 140 valence electrons. The van der Waals surface area contributed by atoms with E-state index in [1.807, 2.05) is 6.07 Å². The SMILES string of the molecule is Cc1ncn(-c2ccc(-c3ccc(O[C@@H]4CCCC[C@@H]4F)nn3)c(O)c2)n1. The van der Waals surface area contributed by atoms with Crippen molar-refractivity contribution < 1.29 is 14.2 Å². The lowest BCUT2D eigenvalue weighted by Gasteiger charge is -2.25. The molecule has 0 unspecified atom stereocenters. The third-order valence-electron chi connectivity index (χ3n) is 4.66. The molecular formula is C19H20FN5O2. The molecule has 3 aromatic rings. The van der Waals surface area contributed by atoms with Crippen LogP contribution in [0.2, 0.25) is 0 Å². The number of nitrogens with zero attached hydrogens (tertiary/aromatic N) is 5. The normalized spacial score (nSPS) is 19.8. The summed E-state index contributed by atoms with van der Waals surface area (Å²) in [5.74, 6) is 0.996. The Balaban J connectivity index is 1.51. The van der Waals surface area contributed by atoms with Crippen molar-refractivity contribution in [2.45, 2.75) is 44.9 Å². The van der Waals surface area contributed by atoms with Crippen LogP contribution in [-0.4, -0.2) is 42.3 Å². The van der Waals surface area contributed by atoms with E-state index >= 15 is 0 Å². The van der Waals surface area contributed by atoms with Gasteiger partial charge >= 0.3 is 0 Å². The van der Waals surface area contributed by atoms with Crippen molar-refractivity contribution in [1.29, 1.82) is 0 Å². The lowest BCUT2D eigenvalue weighted by Crippen LogP contribution is -2.32. The predicted octanol–water partition coefficient (Wildman–Crippen LogP) is 3.40. The van der Waals surface area contributed by atoms with Crippen LogP contribution < -0.4 is 4.74 Å². The highest BCUT2D eigenvalue weighted by atomic mass is 19.1. The molecule has 0 radical (unpaired) electrons. The van der Waals surface area contributed by atoms with Crippen LogP contribution in [0.4, 0.5) is 4.39 Å². The maximum absolute atomic E-state index is 13.9. The second-order valence-electron chi connectivity index (χ2n) is 6.65. The Hall–Kier alpha value is -3.03. The van der Waals surface area contributed by atoms with Gasteiger partial charge in [0.2, 0.25) is 5.88 Å². The van der Waals surface area contributed by atoms with Crippen LogP contribution in [0.5, 0.6) is 11.6 Å². The molecule has 1 aliphatic rings. The quantitative estimate of drug-likeness (QED) is 0.759. The number of rotatable bonds is 4. The average molecular weight is 369 g/mol. The molecule has 1 aliphatic carbocycles. The molecule has 2 aromatic heterocycles. The molecule has 0 spiro atoms. The minimum absolute atomic E-state index is 0.0553. The summed E-state index contributed by atoms with van der Waals surface area (Å²) in [6, 6.07) is 8.49. The van der Waals surface area contributed by atoms with Gasteiger partial charge in [-0.05, 0) is 44.4 Å². The van der Waals surface area contributed by atoms with Crippen molar-refractivity contribution in [1.82, 2.24) is 25.0 Å². The van der Waals surface area contributed by atoms with Crippen LogP contribution in [-0.2, 0) is 0 Å². The van der Waals surface area contributed by atoms with Gasteiger partial charge in [-0.1, -0.05) is 6.42 Å². The number of alkyl halides is 1. The van der Waals surface area contributed by atoms with Gasteiger partial charge in [0.25, 0.3) is 0 Å². The van der Waals surface area contributed by atoms with Gasteiger partial charge in [-0.2, -0.15) is 5.10 Å². The summed E-state index contributed by atoms with van der Waals surface area (Å²) in [4.78, 5) is 4.07. The number of aromatic hydroxyl groups is 1. The zero-order valence-corrected chi connectivity index (χ0v) is 14.9. The number of aryl methyl sites for hydroxylation is 1. The van der Waals surface area contributed by atoms with E-state index in [2.05, 4.69) is 20.3 Å². The first-order valence-electron chi connectivity index (χ1n) is 8.96. The molecule has 1 saturated carbocycles. The Labute approximate surface area is 155 Å². The van der Waals surface area contributed by atoms with Crippen molar-refractivity contribution in [2.75, 3.05) is 0 Å². The maximum Gasteiger partial charge on any atom is 0.233 e. The van der Waals surface area contributed by atoms with Gasteiger partial charge in [0, 0.05) is 17.7 Å². The summed E-state index contributed by atoms with van der Waals surface area (Å²) in [7, 11) is 0. The molecule has 0 aliphatic heterocycles. The number of phenols is 1. The fourth-order valence-electron chi connectivity index (χ4n) is 3.22. The summed E-state index contributed by atoms with van der Waals surface area (Å²) in [5.41, 5.74) is 1.73. The van der Waals surface area contributed by atoms with Crippen LogP contribution in [0.3, 0.4) is 0 Å². The molecule has 0 bridgehead atoms. The smallest absolute Gasteiger partial charge is 0.233 e. The van der Waals surface area contributed by atoms with Crippen LogP contribution in [0.25, 0.3) is 16.9 Å². The lowest BCUT2D eigenvalue weighted by molar-refractivity contribution is 0.0594. The Morgan fingerprint density at radius 3 is 2.67 bits per heavy atom. The Morgan fingerprint density at radius 1 is 1.15 bits per heavy atom. The predicted molar refractivity (Wildman–Crippen MR) is 96.6 cm³/mol. The Morgan fingerprint density at radius 2 is 2.00 bits per heavy atom. The molecule has 8 heteroatoms. The summed E-state index contributed by atoms with van der Waals surface area (Å²) < 4.78 is 21.1. The monoisotopic (exact) mass is 369 g/mol. The van der Waals surface area contributed by atoms with E-state index < -0.39 is 12.3 Å². The van der Waals surface area contributed by atoms with E-state index in [1.54, 1.807) is 42.2 Å². The molecule has 7 nitrogen and oxygen atoms in total. The third kappa shape index (κ3) is 3.74. The molecule has 0 saturated heterocycles. The van der Waals surface area contributed by atoms with Crippen molar-refractivity contribution in [2.24, 2.45) is 0 Å². The first-order valence-corrected chi connectivity index (χ1v) is 8.96. The molecule has 1 N–H and O–H groups in total. The summed E-state index contributed by atoms with van der Waals surface area (Å²) in [5, 5.41) is 22.7. The fraction of sp³-hybridized carbons (Fsp3) is 0.368. The maximum atomic E-state index is 13.9. The van der Waals surface area contributed by atoms with E-state index in [0.29, 0.717) is 41.5 Å². The molecule has 1 fully saturated rings. The van der Waals surface area contributed by atoms with Crippen molar-refractivity contribution in [3.63, 3.8) is 0 Å². The van der Waals surface area contributed by atoms with Gasteiger partial charge in [0.15, 0.2) is 0 Å². The van der Waals surface area contributed by atoms with Crippen molar-refractivity contribution in [3.05, 3.63) is 42.5 Å². The van der Waals surface area contributed by atoms with Gasteiger partial charge in [-0.15, -0.1) is 10.2 Å². The molecule has 4 rings (SSSR count). The largest absolute Gasteiger partial charge is 0.507 e. The molecule has 2 atom stereocenters. The average Bonchev–Trinajstić information content (AvgIpc) is 3.11. The molecule has 0 amide bonds. The van der Waals surface area contributed by atoms with E-state index in [1.165, 1.54) is 0 Å². The second kappa shape index (κ2) is 7.30. The van der Waals surface area contributed by atoms with Gasteiger partial charge < -0.3 is 9.84 Å². The zero-order valence-electron chi connectivity index (χ0n) is 14.9. The summed E-state index contributed by atoms with van der Waals surface area (Å²) >= 11 is 0. The number of aromatic nitrogens is 5. The lowest BCUT2D eigenvalue weighted by atomic mass is 9.96. The van der Waals surface area contributed by atoms with Crippen molar-refractivity contribution >= 4 is 0 Å². The number of benzene rings is 1. The van der Waals surface area contributed by atoms with E-state index in [9.17, 15) is 9.50 Å². The van der Waals surface area contributed by atoms with Crippen LogP contribution in [0.1, 0.15) is 31.5 Å². The third-order valence-corrected chi connectivity index (χ3v) is 4.66. The summed E-state index contributed by atoms with van der Waals surface area (Å²) in [6.07, 6.45) is 3.24. The van der Waals surface area contributed by atoms with Gasteiger partial charge in [-0.3, -0.25) is 0 Å². The van der Waals surface area contributed by atoms with Gasteiger partial charge in [0.05, 0.1) is 11.4 Å².